The van der Waals surface area contributed by atoms with Gasteiger partial charge in [0.25, 0.3) is 0 Å². The summed E-state index contributed by atoms with van der Waals surface area (Å²) in [5, 5.41) is 7.38. The maximum absolute atomic E-state index is 2.46. The molecule has 286 valence electrons. The van der Waals surface area contributed by atoms with Crippen molar-refractivity contribution in [2.75, 3.05) is 4.90 Å². The van der Waals surface area contributed by atoms with Gasteiger partial charge in [0, 0.05) is 16.9 Å². The first-order valence-corrected chi connectivity index (χ1v) is 21.0. The fourth-order valence-electron chi connectivity index (χ4n) is 9.08. The average molecular weight is 776 g/mol. The number of hydrogen-bond acceptors (Lipinski definition) is 1. The van der Waals surface area contributed by atoms with E-state index in [1.54, 1.807) is 0 Å². The second kappa shape index (κ2) is 15.6. The number of anilines is 3. The predicted molar refractivity (Wildman–Crippen MR) is 261 cm³/mol. The van der Waals surface area contributed by atoms with E-state index in [0.717, 1.165) is 22.6 Å². The van der Waals surface area contributed by atoms with Crippen molar-refractivity contribution < 1.29 is 0 Å². The summed E-state index contributed by atoms with van der Waals surface area (Å²) in [4.78, 5) is 2.46. The van der Waals surface area contributed by atoms with Crippen LogP contribution in [-0.2, 0) is 0 Å². The molecule has 0 N–H and O–H groups in total. The molecular formula is C60H41N. The number of hydrogen-bond donors (Lipinski definition) is 0. The van der Waals surface area contributed by atoms with Crippen LogP contribution in [0.25, 0.3) is 88.0 Å². The molecule has 61 heavy (non-hydrogen) atoms. The Hall–Kier alpha value is -8.00. The third-order valence-electron chi connectivity index (χ3n) is 12.1. The van der Waals surface area contributed by atoms with E-state index in [2.05, 4.69) is 254 Å². The molecule has 0 fully saturated rings. The third kappa shape index (κ3) is 6.83. The van der Waals surface area contributed by atoms with Gasteiger partial charge in [-0.1, -0.05) is 212 Å². The van der Waals surface area contributed by atoms with E-state index >= 15 is 0 Å². The molecule has 0 radical (unpaired) electrons. The lowest BCUT2D eigenvalue weighted by molar-refractivity contribution is 1.28. The Morgan fingerprint density at radius 2 is 0.639 bits per heavy atom. The quantitative estimate of drug-likeness (QED) is 0.149. The van der Waals surface area contributed by atoms with Crippen LogP contribution >= 0.6 is 0 Å². The van der Waals surface area contributed by atoms with E-state index in [9.17, 15) is 0 Å². The van der Waals surface area contributed by atoms with E-state index in [-0.39, 0.29) is 0 Å². The second-order valence-electron chi connectivity index (χ2n) is 15.7. The normalized spacial score (nSPS) is 11.3. The van der Waals surface area contributed by atoms with Crippen molar-refractivity contribution in [3.8, 4) is 55.6 Å². The molecule has 11 rings (SSSR count). The number of rotatable bonds is 8. The summed E-state index contributed by atoms with van der Waals surface area (Å²) < 4.78 is 0. The Labute approximate surface area is 357 Å². The van der Waals surface area contributed by atoms with Gasteiger partial charge in [-0.15, -0.1) is 0 Å². The van der Waals surface area contributed by atoms with Crippen LogP contribution in [0.15, 0.2) is 249 Å². The predicted octanol–water partition coefficient (Wildman–Crippen LogP) is 17.0. The zero-order valence-corrected chi connectivity index (χ0v) is 33.6. The fourth-order valence-corrected chi connectivity index (χ4v) is 9.08. The minimum absolute atomic E-state index is 1.08. The van der Waals surface area contributed by atoms with Crippen LogP contribution in [0.3, 0.4) is 0 Å². The summed E-state index contributed by atoms with van der Waals surface area (Å²) in [6, 6.07) is 90.7. The van der Waals surface area contributed by atoms with Gasteiger partial charge in [-0.2, -0.15) is 0 Å². The molecule has 1 heteroatoms. The minimum atomic E-state index is 1.08. The zero-order chi connectivity index (χ0) is 40.5. The topological polar surface area (TPSA) is 3.24 Å². The highest BCUT2D eigenvalue weighted by Crippen LogP contribution is 2.46. The first-order chi connectivity index (χ1) is 30.2. The smallest absolute Gasteiger partial charge is 0.0546 e. The number of fused-ring (bicyclic) bond motifs is 3. The van der Waals surface area contributed by atoms with E-state index in [1.165, 1.54) is 82.4 Å². The van der Waals surface area contributed by atoms with Gasteiger partial charge in [-0.25, -0.2) is 0 Å². The van der Waals surface area contributed by atoms with Gasteiger partial charge in [0.1, 0.15) is 0 Å². The molecular weight excluding hydrogens is 735 g/mol. The Morgan fingerprint density at radius 3 is 1.26 bits per heavy atom. The molecule has 0 atom stereocenters. The monoisotopic (exact) mass is 775 g/mol. The molecule has 0 bridgehead atoms. The molecule has 0 aliphatic rings. The van der Waals surface area contributed by atoms with E-state index in [1.807, 2.05) is 0 Å². The van der Waals surface area contributed by atoms with Crippen LogP contribution in [0.5, 0.6) is 0 Å². The zero-order valence-electron chi connectivity index (χ0n) is 33.6. The van der Waals surface area contributed by atoms with Crippen LogP contribution in [0, 0.1) is 0 Å². The lowest BCUT2D eigenvalue weighted by atomic mass is 9.92. The summed E-state index contributed by atoms with van der Waals surface area (Å²) in [5.74, 6) is 0. The van der Waals surface area contributed by atoms with Crippen LogP contribution < -0.4 is 4.90 Å². The summed E-state index contributed by atoms with van der Waals surface area (Å²) in [6.45, 7) is 0. The lowest BCUT2D eigenvalue weighted by Gasteiger charge is -2.29. The summed E-state index contributed by atoms with van der Waals surface area (Å²) in [6.07, 6.45) is 0. The van der Waals surface area contributed by atoms with E-state index < -0.39 is 0 Å². The van der Waals surface area contributed by atoms with Gasteiger partial charge in [0.2, 0.25) is 0 Å². The van der Waals surface area contributed by atoms with E-state index in [4.69, 9.17) is 0 Å². The molecule has 0 unspecified atom stereocenters. The van der Waals surface area contributed by atoms with Crippen LogP contribution in [-0.4, -0.2) is 0 Å². The Balaban J connectivity index is 1.14. The third-order valence-corrected chi connectivity index (χ3v) is 12.1. The Morgan fingerprint density at radius 1 is 0.213 bits per heavy atom. The molecule has 0 amide bonds. The highest BCUT2D eigenvalue weighted by atomic mass is 15.1. The van der Waals surface area contributed by atoms with Crippen LogP contribution in [0.4, 0.5) is 17.1 Å². The maximum atomic E-state index is 2.46. The largest absolute Gasteiger partial charge is 0.310 e. The van der Waals surface area contributed by atoms with Gasteiger partial charge in [-0.3, -0.25) is 0 Å². The van der Waals surface area contributed by atoms with Gasteiger partial charge >= 0.3 is 0 Å². The molecule has 0 spiro atoms. The highest BCUT2D eigenvalue weighted by molar-refractivity contribution is 6.04. The van der Waals surface area contributed by atoms with Crippen molar-refractivity contribution in [3.63, 3.8) is 0 Å². The van der Waals surface area contributed by atoms with Gasteiger partial charge in [-0.05, 0) is 119 Å². The maximum Gasteiger partial charge on any atom is 0.0546 e. The molecule has 0 heterocycles. The highest BCUT2D eigenvalue weighted by Gasteiger charge is 2.21. The van der Waals surface area contributed by atoms with Crippen molar-refractivity contribution in [1.29, 1.82) is 0 Å². The summed E-state index contributed by atoms with van der Waals surface area (Å²) in [5.41, 5.74) is 15.2. The number of benzene rings is 11. The molecule has 0 aromatic heterocycles. The second-order valence-corrected chi connectivity index (χ2v) is 15.7. The molecule has 0 saturated heterocycles. The van der Waals surface area contributed by atoms with Crippen molar-refractivity contribution >= 4 is 49.4 Å². The molecule has 0 saturated carbocycles. The van der Waals surface area contributed by atoms with Crippen molar-refractivity contribution in [1.82, 2.24) is 0 Å². The lowest BCUT2D eigenvalue weighted by Crippen LogP contribution is -2.12. The van der Waals surface area contributed by atoms with Crippen molar-refractivity contribution in [2.24, 2.45) is 0 Å². The molecule has 0 aliphatic heterocycles. The van der Waals surface area contributed by atoms with Gasteiger partial charge < -0.3 is 4.90 Å². The molecule has 11 aromatic carbocycles. The molecule has 11 aromatic rings. The van der Waals surface area contributed by atoms with Gasteiger partial charge in [0.05, 0.1) is 5.69 Å². The van der Waals surface area contributed by atoms with Crippen molar-refractivity contribution in [2.45, 2.75) is 0 Å². The Kier molecular flexibility index (Phi) is 9.26. The van der Waals surface area contributed by atoms with E-state index in [0.29, 0.717) is 0 Å². The molecule has 0 aliphatic carbocycles. The summed E-state index contributed by atoms with van der Waals surface area (Å²) >= 11 is 0. The first-order valence-electron chi connectivity index (χ1n) is 21.0. The standard InChI is InChI=1S/C60H41N/c1-2-15-42(16-3-1)47-23-10-24-48(39-47)43-33-36-51(37-34-43)61(52-26-11-25-49(40-52)56-30-12-20-44-17-4-7-27-53(44)56)60-41-50(57-31-13-21-45-18-5-8-28-54(45)57)35-38-59(60)58-32-14-22-46-19-6-9-29-55(46)58/h1-41H. The van der Waals surface area contributed by atoms with Gasteiger partial charge in [0.15, 0.2) is 0 Å². The summed E-state index contributed by atoms with van der Waals surface area (Å²) in [7, 11) is 0. The van der Waals surface area contributed by atoms with Crippen molar-refractivity contribution in [3.05, 3.63) is 249 Å². The van der Waals surface area contributed by atoms with Crippen LogP contribution in [0.1, 0.15) is 0 Å². The minimum Gasteiger partial charge on any atom is -0.310 e. The average Bonchev–Trinajstić information content (AvgIpc) is 3.34. The Bertz CT molecular complexity index is 3350. The van der Waals surface area contributed by atoms with Crippen LogP contribution in [0.2, 0.25) is 0 Å². The first kappa shape index (κ1) is 36.1. The molecule has 1 nitrogen and oxygen atoms in total. The fraction of sp³-hybridized carbons (Fsp3) is 0. The number of nitrogens with zero attached hydrogens (tertiary/aromatic N) is 1. The SMILES string of the molecule is c1ccc(-c2cccc(-c3ccc(N(c4cccc(-c5cccc6ccccc56)c4)c4cc(-c5cccc6ccccc56)ccc4-c4cccc5ccccc45)cc3)c2)cc1.